The molecule has 0 aliphatic carbocycles. The lowest BCUT2D eigenvalue weighted by atomic mass is 10.1. The van der Waals surface area contributed by atoms with E-state index in [4.69, 9.17) is 5.11 Å². The smallest absolute Gasteiger partial charge is 0.420 e. The van der Waals surface area contributed by atoms with Crippen LogP contribution in [0, 0.1) is 17.0 Å². The number of phenols is 1. The maximum atomic E-state index is 12.3. The molecule has 1 aromatic rings. The quantitative estimate of drug-likeness (QED) is 0.584. The second kappa shape index (κ2) is 3.41. The molecule has 4 nitrogen and oxygen atoms in total. The number of rotatable bonds is 1. The van der Waals surface area contributed by atoms with Gasteiger partial charge in [-0.2, -0.15) is 13.2 Å². The third kappa shape index (κ3) is 2.17. The molecule has 0 amide bonds. The highest BCUT2D eigenvalue weighted by Crippen LogP contribution is 2.41. The molecule has 0 saturated carbocycles. The van der Waals surface area contributed by atoms with Crippen molar-refractivity contribution in [1.82, 2.24) is 0 Å². The molecule has 0 aliphatic rings. The van der Waals surface area contributed by atoms with E-state index in [1.807, 2.05) is 0 Å². The number of alkyl halides is 3. The van der Waals surface area contributed by atoms with Gasteiger partial charge in [0.1, 0.15) is 5.56 Å². The number of nitrogens with zero attached hydrogens (tertiary/aromatic N) is 1. The van der Waals surface area contributed by atoms with Crippen molar-refractivity contribution in [3.63, 3.8) is 0 Å². The lowest BCUT2D eigenvalue weighted by Gasteiger charge is -2.09. The first kappa shape index (κ1) is 11.3. The van der Waals surface area contributed by atoms with Crippen molar-refractivity contribution < 1.29 is 23.2 Å². The zero-order valence-electron chi connectivity index (χ0n) is 7.21. The Kier molecular flexibility index (Phi) is 2.57. The Balaban J connectivity index is 3.49. The Morgan fingerprint density at radius 3 is 2.33 bits per heavy atom. The Hall–Kier alpha value is -1.79. The molecule has 7 heteroatoms. The van der Waals surface area contributed by atoms with E-state index in [0.717, 1.165) is 6.07 Å². The molecule has 0 bridgehead atoms. The number of benzene rings is 1. The van der Waals surface area contributed by atoms with E-state index < -0.39 is 28.1 Å². The van der Waals surface area contributed by atoms with Crippen molar-refractivity contribution in [1.29, 1.82) is 0 Å². The predicted octanol–water partition coefficient (Wildman–Crippen LogP) is 2.50. The van der Waals surface area contributed by atoms with Crippen LogP contribution in [0.3, 0.4) is 0 Å². The molecule has 0 aliphatic heterocycles. The molecule has 0 unspecified atom stereocenters. The van der Waals surface area contributed by atoms with Gasteiger partial charge < -0.3 is 5.11 Å². The number of hydrogen-bond donors (Lipinski definition) is 1. The average Bonchev–Trinajstić information content (AvgIpc) is 2.06. The SMILES string of the molecule is [CH2]c1cc([N+](=O)[O-])c(O)c(C(F)(F)F)c1. The lowest BCUT2D eigenvalue weighted by molar-refractivity contribution is -0.386. The molecule has 1 aromatic carbocycles. The minimum absolute atomic E-state index is 0.188. The minimum atomic E-state index is -4.84. The van der Waals surface area contributed by atoms with Crippen molar-refractivity contribution >= 4 is 5.69 Å². The summed E-state index contributed by atoms with van der Waals surface area (Å²) in [6.45, 7) is 3.16. The fourth-order valence-electron chi connectivity index (χ4n) is 1.03. The third-order valence-corrected chi connectivity index (χ3v) is 1.65. The van der Waals surface area contributed by atoms with E-state index >= 15 is 0 Å². The van der Waals surface area contributed by atoms with E-state index in [-0.39, 0.29) is 5.56 Å². The van der Waals surface area contributed by atoms with Crippen LogP contribution in [0.4, 0.5) is 18.9 Å². The summed E-state index contributed by atoms with van der Waals surface area (Å²) in [5.41, 5.74) is -2.65. The van der Waals surface area contributed by atoms with Gasteiger partial charge in [-0.1, -0.05) is 0 Å². The van der Waals surface area contributed by atoms with Gasteiger partial charge in [-0.15, -0.1) is 0 Å². The summed E-state index contributed by atoms with van der Waals surface area (Å²) in [4.78, 5) is 9.21. The van der Waals surface area contributed by atoms with Crippen LogP contribution in [0.1, 0.15) is 11.1 Å². The first-order chi connectivity index (χ1) is 6.73. The number of phenolic OH excluding ortho intramolecular Hbond substituents is 1. The second-order valence-electron chi connectivity index (χ2n) is 2.77. The zero-order valence-corrected chi connectivity index (χ0v) is 7.21. The minimum Gasteiger partial charge on any atom is -0.502 e. The maximum absolute atomic E-state index is 12.3. The Morgan fingerprint density at radius 2 is 1.93 bits per heavy atom. The van der Waals surface area contributed by atoms with Crippen molar-refractivity contribution in [3.05, 3.63) is 40.3 Å². The molecule has 0 heterocycles. The van der Waals surface area contributed by atoms with Gasteiger partial charge in [-0.3, -0.25) is 10.1 Å². The molecule has 0 fully saturated rings. The van der Waals surface area contributed by atoms with Gasteiger partial charge >= 0.3 is 11.9 Å². The van der Waals surface area contributed by atoms with E-state index in [1.165, 1.54) is 0 Å². The standard InChI is InChI=1S/C8H5F3NO3/c1-4-2-5(8(9,10)11)7(13)6(3-4)12(14)15/h2-3,13H,1H2. The zero-order chi connectivity index (χ0) is 11.8. The summed E-state index contributed by atoms with van der Waals surface area (Å²) in [7, 11) is 0. The first-order valence-corrected chi connectivity index (χ1v) is 3.64. The van der Waals surface area contributed by atoms with Crippen LogP contribution in [0.2, 0.25) is 0 Å². The largest absolute Gasteiger partial charge is 0.502 e. The van der Waals surface area contributed by atoms with Crippen molar-refractivity contribution in [2.45, 2.75) is 6.18 Å². The molecule has 0 saturated heterocycles. The van der Waals surface area contributed by atoms with Crippen LogP contribution < -0.4 is 0 Å². The van der Waals surface area contributed by atoms with E-state index in [0.29, 0.717) is 6.07 Å². The number of nitro groups is 1. The van der Waals surface area contributed by atoms with E-state index in [2.05, 4.69) is 6.92 Å². The van der Waals surface area contributed by atoms with Crippen molar-refractivity contribution in [3.8, 4) is 5.75 Å². The van der Waals surface area contributed by atoms with Gasteiger partial charge in [0, 0.05) is 6.07 Å². The molecule has 1 radical (unpaired) electrons. The molecular weight excluding hydrogens is 215 g/mol. The summed E-state index contributed by atoms with van der Waals surface area (Å²) in [6, 6.07) is 1.31. The van der Waals surface area contributed by atoms with Crippen molar-refractivity contribution in [2.24, 2.45) is 0 Å². The van der Waals surface area contributed by atoms with Crippen LogP contribution in [0.5, 0.6) is 5.75 Å². The number of hydrogen-bond acceptors (Lipinski definition) is 3. The van der Waals surface area contributed by atoms with Crippen LogP contribution in [-0.4, -0.2) is 10.0 Å². The van der Waals surface area contributed by atoms with Gasteiger partial charge in [-0.25, -0.2) is 0 Å². The van der Waals surface area contributed by atoms with Gasteiger partial charge in [0.15, 0.2) is 0 Å². The fourth-order valence-corrected chi connectivity index (χ4v) is 1.03. The third-order valence-electron chi connectivity index (χ3n) is 1.65. The second-order valence-corrected chi connectivity index (χ2v) is 2.77. The Bertz CT molecular complexity index is 414. The Labute approximate surface area is 82.1 Å². The maximum Gasteiger partial charge on any atom is 0.420 e. The average molecular weight is 220 g/mol. The number of halogens is 3. The summed E-state index contributed by atoms with van der Waals surface area (Å²) >= 11 is 0. The lowest BCUT2D eigenvalue weighted by Crippen LogP contribution is -2.07. The van der Waals surface area contributed by atoms with Crippen LogP contribution in [-0.2, 0) is 6.18 Å². The molecular formula is C8H5F3NO3. The van der Waals surface area contributed by atoms with Crippen LogP contribution >= 0.6 is 0 Å². The van der Waals surface area contributed by atoms with E-state index in [9.17, 15) is 23.3 Å². The summed E-state index contributed by atoms with van der Waals surface area (Å²) < 4.78 is 36.8. The monoisotopic (exact) mass is 220 g/mol. The van der Waals surface area contributed by atoms with Crippen LogP contribution in [0.15, 0.2) is 12.1 Å². The van der Waals surface area contributed by atoms with Crippen molar-refractivity contribution in [2.75, 3.05) is 0 Å². The first-order valence-electron chi connectivity index (χ1n) is 3.64. The van der Waals surface area contributed by atoms with Gasteiger partial charge in [0.25, 0.3) is 0 Å². The highest BCUT2D eigenvalue weighted by molar-refractivity contribution is 5.54. The van der Waals surface area contributed by atoms with Gasteiger partial charge in [0.05, 0.1) is 4.92 Å². The molecule has 81 valence electrons. The topological polar surface area (TPSA) is 63.4 Å². The Morgan fingerprint density at radius 1 is 1.40 bits per heavy atom. The number of nitro benzene ring substituents is 1. The van der Waals surface area contributed by atoms with Gasteiger partial charge in [0.2, 0.25) is 5.75 Å². The highest BCUT2D eigenvalue weighted by atomic mass is 19.4. The number of aromatic hydroxyl groups is 1. The molecule has 15 heavy (non-hydrogen) atoms. The summed E-state index contributed by atoms with van der Waals surface area (Å²) in [6.07, 6.45) is -4.84. The van der Waals surface area contributed by atoms with E-state index in [1.54, 1.807) is 0 Å². The van der Waals surface area contributed by atoms with Gasteiger partial charge in [-0.05, 0) is 18.6 Å². The molecule has 0 atom stereocenters. The molecule has 1 N–H and O–H groups in total. The predicted molar refractivity (Wildman–Crippen MR) is 44.2 cm³/mol. The highest BCUT2D eigenvalue weighted by Gasteiger charge is 2.37. The summed E-state index contributed by atoms with van der Waals surface area (Å²) in [5.74, 6) is -1.39. The van der Waals surface area contributed by atoms with Crippen LogP contribution in [0.25, 0.3) is 0 Å². The summed E-state index contributed by atoms with van der Waals surface area (Å²) in [5, 5.41) is 19.3. The normalized spacial score (nSPS) is 11.5. The molecule has 1 rings (SSSR count). The molecule has 0 aromatic heterocycles. The fraction of sp³-hybridized carbons (Fsp3) is 0.125. The molecule has 0 spiro atoms.